The summed E-state index contributed by atoms with van der Waals surface area (Å²) in [5.41, 5.74) is 1.34. The summed E-state index contributed by atoms with van der Waals surface area (Å²) in [6, 6.07) is 3.49. The fourth-order valence-electron chi connectivity index (χ4n) is 1.85. The van der Waals surface area contributed by atoms with Gasteiger partial charge in [-0.15, -0.1) is 0 Å². The van der Waals surface area contributed by atoms with Gasteiger partial charge in [0.05, 0.1) is 0 Å². The van der Waals surface area contributed by atoms with Crippen LogP contribution in [0, 0.1) is 25.5 Å². The van der Waals surface area contributed by atoms with E-state index >= 15 is 0 Å². The summed E-state index contributed by atoms with van der Waals surface area (Å²) in [6.45, 7) is 4.06. The Morgan fingerprint density at radius 1 is 1.10 bits per heavy atom. The van der Waals surface area contributed by atoms with Gasteiger partial charge in [-0.3, -0.25) is 0 Å². The second-order valence-corrected chi connectivity index (χ2v) is 4.85. The number of aryl methyl sites for hydroxylation is 1. The fourth-order valence-corrected chi connectivity index (χ4v) is 2.06. The molecule has 0 bridgehead atoms. The molecule has 0 saturated heterocycles. The molecule has 6 heteroatoms. The molecule has 3 nitrogen and oxygen atoms in total. The third kappa shape index (κ3) is 3.63. The lowest BCUT2D eigenvalue weighted by molar-refractivity contribution is 0.580. The van der Waals surface area contributed by atoms with E-state index in [4.69, 9.17) is 11.6 Å². The standard InChI is InChI=1S/C14H14ClF2N3/c1-8-13(15)19-9(2)20-14(8)18-4-3-10-5-11(16)7-12(17)6-10/h5-7H,3-4H2,1-2H3,(H,18,19,20). The molecule has 0 atom stereocenters. The van der Waals surface area contributed by atoms with Crippen LogP contribution < -0.4 is 5.32 Å². The number of benzene rings is 1. The summed E-state index contributed by atoms with van der Waals surface area (Å²) < 4.78 is 26.1. The number of hydrogen-bond donors (Lipinski definition) is 1. The molecule has 0 unspecified atom stereocenters. The summed E-state index contributed by atoms with van der Waals surface area (Å²) in [7, 11) is 0. The molecule has 1 aromatic heterocycles. The minimum atomic E-state index is -0.572. The third-order valence-electron chi connectivity index (χ3n) is 2.83. The van der Waals surface area contributed by atoms with Crippen molar-refractivity contribution in [2.24, 2.45) is 0 Å². The Labute approximate surface area is 121 Å². The van der Waals surface area contributed by atoms with E-state index in [0.717, 1.165) is 11.6 Å². The van der Waals surface area contributed by atoms with E-state index in [1.54, 1.807) is 6.92 Å². The summed E-state index contributed by atoms with van der Waals surface area (Å²) in [5.74, 6) is 0.0634. The predicted octanol–water partition coefficient (Wildman–Crippen LogP) is 3.68. The first-order chi connectivity index (χ1) is 9.45. The molecule has 0 fully saturated rings. The van der Waals surface area contributed by atoms with Crippen molar-refractivity contribution >= 4 is 17.4 Å². The molecule has 0 radical (unpaired) electrons. The van der Waals surface area contributed by atoms with Crippen LogP contribution >= 0.6 is 11.6 Å². The van der Waals surface area contributed by atoms with Gasteiger partial charge in [0, 0.05) is 18.2 Å². The average Bonchev–Trinajstić information content (AvgIpc) is 2.34. The van der Waals surface area contributed by atoms with Gasteiger partial charge in [0.2, 0.25) is 0 Å². The number of rotatable bonds is 4. The third-order valence-corrected chi connectivity index (χ3v) is 3.19. The molecule has 0 aliphatic rings. The Bertz CT molecular complexity index is 612. The molecule has 106 valence electrons. The summed E-state index contributed by atoms with van der Waals surface area (Å²) in [4.78, 5) is 8.28. The smallest absolute Gasteiger partial charge is 0.137 e. The molecule has 1 aromatic carbocycles. The maximum atomic E-state index is 13.0. The normalized spacial score (nSPS) is 10.7. The van der Waals surface area contributed by atoms with Gasteiger partial charge in [-0.1, -0.05) is 11.6 Å². The van der Waals surface area contributed by atoms with Gasteiger partial charge in [-0.2, -0.15) is 0 Å². The van der Waals surface area contributed by atoms with Crippen LogP contribution in [0.4, 0.5) is 14.6 Å². The van der Waals surface area contributed by atoms with Gasteiger partial charge in [-0.25, -0.2) is 18.7 Å². The molecule has 0 amide bonds. The van der Waals surface area contributed by atoms with Crippen molar-refractivity contribution in [3.05, 3.63) is 51.9 Å². The van der Waals surface area contributed by atoms with E-state index < -0.39 is 11.6 Å². The Balaban J connectivity index is 2.03. The lowest BCUT2D eigenvalue weighted by Crippen LogP contribution is -2.09. The second kappa shape index (κ2) is 6.13. The lowest BCUT2D eigenvalue weighted by atomic mass is 10.1. The van der Waals surface area contributed by atoms with Gasteiger partial charge in [-0.05, 0) is 38.0 Å². The maximum absolute atomic E-state index is 13.0. The second-order valence-electron chi connectivity index (χ2n) is 4.49. The van der Waals surface area contributed by atoms with Crippen molar-refractivity contribution in [3.63, 3.8) is 0 Å². The average molecular weight is 298 g/mol. The molecule has 0 saturated carbocycles. The van der Waals surface area contributed by atoms with Crippen LogP contribution in [-0.2, 0) is 6.42 Å². The molecular formula is C14H14ClF2N3. The highest BCUT2D eigenvalue weighted by Gasteiger charge is 2.07. The van der Waals surface area contributed by atoms with Crippen LogP contribution in [0.25, 0.3) is 0 Å². The Morgan fingerprint density at radius 3 is 2.40 bits per heavy atom. The van der Waals surface area contributed by atoms with Crippen LogP contribution in [0.3, 0.4) is 0 Å². The monoisotopic (exact) mass is 297 g/mol. The SMILES string of the molecule is Cc1nc(Cl)c(C)c(NCCc2cc(F)cc(F)c2)n1. The Kier molecular flexibility index (Phi) is 4.49. The minimum absolute atomic E-state index is 0.400. The van der Waals surface area contributed by atoms with Crippen molar-refractivity contribution in [2.45, 2.75) is 20.3 Å². The molecule has 0 spiro atoms. The lowest BCUT2D eigenvalue weighted by Gasteiger charge is -2.10. The van der Waals surface area contributed by atoms with Crippen LogP contribution in [0.5, 0.6) is 0 Å². The zero-order valence-corrected chi connectivity index (χ0v) is 11.9. The topological polar surface area (TPSA) is 37.8 Å². The van der Waals surface area contributed by atoms with E-state index in [-0.39, 0.29) is 0 Å². The quantitative estimate of drug-likeness (QED) is 0.875. The molecule has 0 aliphatic carbocycles. The zero-order valence-electron chi connectivity index (χ0n) is 11.2. The number of aromatic nitrogens is 2. The number of nitrogens with one attached hydrogen (secondary N) is 1. The highest BCUT2D eigenvalue weighted by Crippen LogP contribution is 2.19. The van der Waals surface area contributed by atoms with Gasteiger partial charge in [0.15, 0.2) is 0 Å². The first-order valence-electron chi connectivity index (χ1n) is 6.15. The maximum Gasteiger partial charge on any atom is 0.137 e. The van der Waals surface area contributed by atoms with Crippen molar-refractivity contribution < 1.29 is 8.78 Å². The van der Waals surface area contributed by atoms with Crippen molar-refractivity contribution in [2.75, 3.05) is 11.9 Å². The first-order valence-corrected chi connectivity index (χ1v) is 6.53. The van der Waals surface area contributed by atoms with Gasteiger partial charge in [0.1, 0.15) is 28.4 Å². The number of halogens is 3. The molecule has 2 rings (SSSR count). The highest BCUT2D eigenvalue weighted by molar-refractivity contribution is 6.30. The van der Waals surface area contributed by atoms with Gasteiger partial charge in [0.25, 0.3) is 0 Å². The predicted molar refractivity (Wildman–Crippen MR) is 75.1 cm³/mol. The van der Waals surface area contributed by atoms with Gasteiger partial charge >= 0.3 is 0 Å². The first kappa shape index (κ1) is 14.7. The number of hydrogen-bond acceptors (Lipinski definition) is 3. The molecular weight excluding hydrogens is 284 g/mol. The Hall–Kier alpha value is -1.75. The van der Waals surface area contributed by atoms with Crippen LogP contribution in [0.15, 0.2) is 18.2 Å². The van der Waals surface area contributed by atoms with E-state index in [1.807, 2.05) is 6.92 Å². The molecule has 0 aliphatic heterocycles. The molecule has 1 N–H and O–H groups in total. The van der Waals surface area contributed by atoms with Crippen molar-refractivity contribution in [3.8, 4) is 0 Å². The van der Waals surface area contributed by atoms with E-state index in [9.17, 15) is 8.78 Å². The number of nitrogens with zero attached hydrogens (tertiary/aromatic N) is 2. The summed E-state index contributed by atoms with van der Waals surface area (Å²) >= 11 is 5.97. The van der Waals surface area contributed by atoms with E-state index in [2.05, 4.69) is 15.3 Å². The molecule has 2 aromatic rings. The highest BCUT2D eigenvalue weighted by atomic mass is 35.5. The van der Waals surface area contributed by atoms with Crippen LogP contribution in [-0.4, -0.2) is 16.5 Å². The van der Waals surface area contributed by atoms with Crippen LogP contribution in [0.2, 0.25) is 5.15 Å². The van der Waals surface area contributed by atoms with Crippen molar-refractivity contribution in [1.29, 1.82) is 0 Å². The van der Waals surface area contributed by atoms with Crippen molar-refractivity contribution in [1.82, 2.24) is 9.97 Å². The largest absolute Gasteiger partial charge is 0.369 e. The zero-order chi connectivity index (χ0) is 14.7. The van der Waals surface area contributed by atoms with E-state index in [0.29, 0.717) is 35.3 Å². The molecule has 20 heavy (non-hydrogen) atoms. The summed E-state index contributed by atoms with van der Waals surface area (Å²) in [5, 5.41) is 3.50. The van der Waals surface area contributed by atoms with Crippen LogP contribution in [0.1, 0.15) is 17.0 Å². The fraction of sp³-hybridized carbons (Fsp3) is 0.286. The Morgan fingerprint density at radius 2 is 1.75 bits per heavy atom. The summed E-state index contributed by atoms with van der Waals surface area (Å²) in [6.07, 6.45) is 0.481. The number of anilines is 1. The van der Waals surface area contributed by atoms with Gasteiger partial charge < -0.3 is 5.32 Å². The van der Waals surface area contributed by atoms with E-state index in [1.165, 1.54) is 12.1 Å². The molecule has 1 heterocycles. The minimum Gasteiger partial charge on any atom is -0.369 e.